The summed E-state index contributed by atoms with van der Waals surface area (Å²) in [5.74, 6) is 0.366. The van der Waals surface area contributed by atoms with Crippen molar-refractivity contribution in [3.63, 3.8) is 0 Å². The molecule has 74 valence electrons. The molecule has 1 aliphatic rings. The second-order valence-electron chi connectivity index (χ2n) is 3.83. The van der Waals surface area contributed by atoms with Crippen LogP contribution in [-0.4, -0.2) is 5.79 Å². The summed E-state index contributed by atoms with van der Waals surface area (Å²) in [6.45, 7) is 8.19. The molecule has 1 aliphatic heterocycles. The van der Waals surface area contributed by atoms with Gasteiger partial charge in [-0.2, -0.15) is 0 Å². The largest absolute Gasteiger partial charge is 0.462 e. The molecule has 0 N–H and O–H groups in total. The number of benzene rings is 1. The van der Waals surface area contributed by atoms with Crippen molar-refractivity contribution in [2.75, 3.05) is 0 Å². The van der Waals surface area contributed by atoms with Gasteiger partial charge < -0.3 is 9.47 Å². The van der Waals surface area contributed by atoms with Crippen LogP contribution in [0.1, 0.15) is 25.0 Å². The van der Waals surface area contributed by atoms with Crippen molar-refractivity contribution >= 4 is 6.08 Å². The molecule has 0 saturated heterocycles. The second kappa shape index (κ2) is 3.14. The van der Waals surface area contributed by atoms with E-state index < -0.39 is 5.79 Å². The summed E-state index contributed by atoms with van der Waals surface area (Å²) >= 11 is 0. The van der Waals surface area contributed by atoms with Gasteiger partial charge in [0.25, 0.3) is 0 Å². The van der Waals surface area contributed by atoms with Crippen molar-refractivity contribution in [2.24, 2.45) is 0 Å². The Morgan fingerprint density at radius 2 is 2.21 bits per heavy atom. The Hall–Kier alpha value is -1.28. The third-order valence-electron chi connectivity index (χ3n) is 2.27. The Morgan fingerprint density at radius 3 is 2.93 bits per heavy atom. The number of ether oxygens (including phenoxy) is 2. The van der Waals surface area contributed by atoms with E-state index in [0.717, 1.165) is 16.9 Å². The van der Waals surface area contributed by atoms with E-state index >= 15 is 0 Å². The molecular formula is C12H14O2. The Labute approximate surface area is 84.2 Å². The second-order valence-corrected chi connectivity index (χ2v) is 3.83. The van der Waals surface area contributed by atoms with Gasteiger partial charge in [-0.05, 0) is 0 Å². The Bertz CT molecular complexity index is 367. The van der Waals surface area contributed by atoms with E-state index in [2.05, 4.69) is 6.58 Å². The first kappa shape index (κ1) is 9.28. The van der Waals surface area contributed by atoms with Crippen LogP contribution in [-0.2, 0) is 11.3 Å². The van der Waals surface area contributed by atoms with E-state index in [1.807, 2.05) is 32.0 Å². The molecule has 0 bridgehead atoms. The van der Waals surface area contributed by atoms with Crippen molar-refractivity contribution in [2.45, 2.75) is 26.2 Å². The maximum absolute atomic E-state index is 5.75. The predicted octanol–water partition coefficient (Wildman–Crippen LogP) is 2.97. The van der Waals surface area contributed by atoms with Crippen LogP contribution in [0.4, 0.5) is 0 Å². The lowest BCUT2D eigenvalue weighted by molar-refractivity contribution is -0.180. The molecule has 0 amide bonds. The fourth-order valence-corrected chi connectivity index (χ4v) is 1.53. The van der Waals surface area contributed by atoms with Gasteiger partial charge in [-0.1, -0.05) is 30.9 Å². The first-order chi connectivity index (χ1) is 6.62. The van der Waals surface area contributed by atoms with Crippen molar-refractivity contribution < 1.29 is 9.47 Å². The molecule has 1 aromatic rings. The van der Waals surface area contributed by atoms with Crippen LogP contribution in [0.2, 0.25) is 0 Å². The van der Waals surface area contributed by atoms with Crippen LogP contribution in [0.25, 0.3) is 6.08 Å². The molecular weight excluding hydrogens is 176 g/mol. The molecule has 1 heterocycles. The lowest BCUT2D eigenvalue weighted by Crippen LogP contribution is -2.35. The molecule has 14 heavy (non-hydrogen) atoms. The lowest BCUT2D eigenvalue weighted by atomic mass is 10.1. The maximum Gasteiger partial charge on any atom is 0.205 e. The highest BCUT2D eigenvalue weighted by atomic mass is 16.7. The normalized spacial score (nSPS) is 18.1. The van der Waals surface area contributed by atoms with Crippen LogP contribution in [0, 0.1) is 0 Å². The monoisotopic (exact) mass is 190 g/mol. The van der Waals surface area contributed by atoms with Gasteiger partial charge in [-0.15, -0.1) is 0 Å². The third-order valence-corrected chi connectivity index (χ3v) is 2.27. The Morgan fingerprint density at radius 1 is 1.43 bits per heavy atom. The Kier molecular flexibility index (Phi) is 2.08. The van der Waals surface area contributed by atoms with Crippen molar-refractivity contribution in [3.8, 4) is 5.75 Å². The van der Waals surface area contributed by atoms with Gasteiger partial charge in [-0.25, -0.2) is 0 Å². The maximum atomic E-state index is 5.75. The van der Waals surface area contributed by atoms with E-state index in [1.165, 1.54) is 0 Å². The van der Waals surface area contributed by atoms with E-state index in [0.29, 0.717) is 6.61 Å². The van der Waals surface area contributed by atoms with Crippen molar-refractivity contribution in [1.82, 2.24) is 0 Å². The molecule has 0 atom stereocenters. The smallest absolute Gasteiger partial charge is 0.205 e. The average molecular weight is 190 g/mol. The minimum atomic E-state index is -0.536. The number of fused-ring (bicyclic) bond motifs is 1. The average Bonchev–Trinajstić information content (AvgIpc) is 2.15. The molecule has 0 aromatic heterocycles. The molecule has 0 fully saturated rings. The van der Waals surface area contributed by atoms with E-state index in [-0.39, 0.29) is 0 Å². The summed E-state index contributed by atoms with van der Waals surface area (Å²) < 4.78 is 11.3. The van der Waals surface area contributed by atoms with Crippen molar-refractivity contribution in [3.05, 3.63) is 35.9 Å². The summed E-state index contributed by atoms with van der Waals surface area (Å²) in [6, 6.07) is 5.99. The topological polar surface area (TPSA) is 18.5 Å². The summed E-state index contributed by atoms with van der Waals surface area (Å²) in [4.78, 5) is 0. The minimum Gasteiger partial charge on any atom is -0.462 e. The highest BCUT2D eigenvalue weighted by Crippen LogP contribution is 2.34. The molecule has 0 spiro atoms. The van der Waals surface area contributed by atoms with Crippen LogP contribution >= 0.6 is 0 Å². The first-order valence-corrected chi connectivity index (χ1v) is 4.70. The van der Waals surface area contributed by atoms with Gasteiger partial charge in [0.2, 0.25) is 5.79 Å². The molecule has 2 heteroatoms. The zero-order valence-corrected chi connectivity index (χ0v) is 8.54. The van der Waals surface area contributed by atoms with E-state index in [9.17, 15) is 0 Å². The number of hydrogen-bond acceptors (Lipinski definition) is 2. The van der Waals surface area contributed by atoms with Gasteiger partial charge in [0.05, 0.1) is 6.61 Å². The fourth-order valence-electron chi connectivity index (χ4n) is 1.53. The standard InChI is InChI=1S/C12H14O2/c1-4-9-6-5-7-10-8-13-12(2,3)14-11(9)10/h4-7H,1,8H2,2-3H3. The van der Waals surface area contributed by atoms with Gasteiger partial charge >= 0.3 is 0 Å². The van der Waals surface area contributed by atoms with Gasteiger partial charge in [0.1, 0.15) is 5.75 Å². The number of para-hydroxylation sites is 1. The number of hydrogen-bond donors (Lipinski definition) is 0. The lowest BCUT2D eigenvalue weighted by Gasteiger charge is -2.33. The first-order valence-electron chi connectivity index (χ1n) is 4.70. The zero-order valence-electron chi connectivity index (χ0n) is 8.54. The highest BCUT2D eigenvalue weighted by molar-refractivity contribution is 5.58. The van der Waals surface area contributed by atoms with E-state index in [1.54, 1.807) is 6.08 Å². The van der Waals surface area contributed by atoms with Gasteiger partial charge in [-0.3, -0.25) is 0 Å². The molecule has 0 aliphatic carbocycles. The molecule has 1 aromatic carbocycles. The molecule has 0 saturated carbocycles. The third kappa shape index (κ3) is 1.53. The van der Waals surface area contributed by atoms with Gasteiger partial charge in [0.15, 0.2) is 0 Å². The molecule has 0 radical (unpaired) electrons. The van der Waals surface area contributed by atoms with Crippen LogP contribution in [0.3, 0.4) is 0 Å². The Balaban J connectivity index is 2.48. The van der Waals surface area contributed by atoms with E-state index in [4.69, 9.17) is 9.47 Å². The quantitative estimate of drug-likeness (QED) is 0.677. The fraction of sp³-hybridized carbons (Fsp3) is 0.333. The summed E-state index contributed by atoms with van der Waals surface area (Å²) in [7, 11) is 0. The van der Waals surface area contributed by atoms with Crippen molar-refractivity contribution in [1.29, 1.82) is 0 Å². The van der Waals surface area contributed by atoms with Crippen LogP contribution < -0.4 is 4.74 Å². The van der Waals surface area contributed by atoms with Gasteiger partial charge in [0, 0.05) is 25.0 Å². The number of rotatable bonds is 1. The highest BCUT2D eigenvalue weighted by Gasteiger charge is 2.28. The molecule has 0 unspecified atom stereocenters. The SMILES string of the molecule is C=Cc1cccc2c1OC(C)(C)OC2. The summed E-state index contributed by atoms with van der Waals surface area (Å²) in [5.41, 5.74) is 2.11. The van der Waals surface area contributed by atoms with Crippen LogP contribution in [0.15, 0.2) is 24.8 Å². The summed E-state index contributed by atoms with van der Waals surface area (Å²) in [5, 5.41) is 0. The minimum absolute atomic E-state index is 0.536. The zero-order chi connectivity index (χ0) is 10.2. The van der Waals surface area contributed by atoms with Crippen LogP contribution in [0.5, 0.6) is 5.75 Å². The molecule has 2 nitrogen and oxygen atoms in total. The predicted molar refractivity (Wildman–Crippen MR) is 56.0 cm³/mol. The summed E-state index contributed by atoms with van der Waals surface area (Å²) in [6.07, 6.45) is 1.81. The molecule has 2 rings (SSSR count).